The summed E-state index contributed by atoms with van der Waals surface area (Å²) in [6, 6.07) is 19.3. The third-order valence-electron chi connectivity index (χ3n) is 3.07. The first kappa shape index (κ1) is 12.4. The lowest BCUT2D eigenvalue weighted by Crippen LogP contribution is -2.00. The summed E-state index contributed by atoms with van der Waals surface area (Å²) in [5, 5.41) is 0.959. The van der Waals surface area contributed by atoms with Crippen LogP contribution in [0.5, 0.6) is 5.75 Å². The predicted molar refractivity (Wildman–Crippen MR) is 77.9 cm³/mol. The van der Waals surface area contributed by atoms with E-state index in [0.29, 0.717) is 18.1 Å². The Bertz CT molecular complexity index is 738. The highest BCUT2D eigenvalue weighted by Gasteiger charge is 2.07. The Morgan fingerprint density at radius 2 is 1.75 bits per heavy atom. The molecule has 20 heavy (non-hydrogen) atoms. The maximum Gasteiger partial charge on any atom is 0.172 e. The van der Waals surface area contributed by atoms with Crippen LogP contribution in [0.15, 0.2) is 60.7 Å². The Balaban J connectivity index is 1.92. The van der Waals surface area contributed by atoms with E-state index in [2.05, 4.69) is 4.98 Å². The van der Waals surface area contributed by atoms with Crippen molar-refractivity contribution in [1.29, 1.82) is 0 Å². The molecule has 0 fully saturated rings. The molecule has 0 spiro atoms. The molecule has 0 amide bonds. The molecule has 1 aromatic heterocycles. The zero-order chi connectivity index (χ0) is 13.8. The Kier molecular flexibility index (Phi) is 3.42. The van der Waals surface area contributed by atoms with Crippen molar-refractivity contribution in [2.24, 2.45) is 0 Å². The van der Waals surface area contributed by atoms with E-state index < -0.39 is 0 Å². The van der Waals surface area contributed by atoms with E-state index in [0.717, 1.165) is 22.8 Å². The van der Waals surface area contributed by atoms with Crippen LogP contribution in [0.25, 0.3) is 10.9 Å². The van der Waals surface area contributed by atoms with Crippen LogP contribution < -0.4 is 4.74 Å². The van der Waals surface area contributed by atoms with Gasteiger partial charge in [0.1, 0.15) is 18.1 Å². The predicted octanol–water partition coefficient (Wildman–Crippen LogP) is 3.63. The van der Waals surface area contributed by atoms with Gasteiger partial charge in [-0.25, -0.2) is 4.98 Å². The average Bonchev–Trinajstić information content (AvgIpc) is 2.53. The van der Waals surface area contributed by atoms with E-state index in [1.807, 2.05) is 60.7 Å². The number of para-hydroxylation sites is 1. The Morgan fingerprint density at radius 1 is 1.00 bits per heavy atom. The summed E-state index contributed by atoms with van der Waals surface area (Å²) < 4.78 is 5.73. The highest BCUT2D eigenvalue weighted by Crippen LogP contribution is 2.22. The summed E-state index contributed by atoms with van der Waals surface area (Å²) in [4.78, 5) is 15.5. The van der Waals surface area contributed by atoms with Crippen LogP contribution in [-0.4, -0.2) is 11.3 Å². The lowest BCUT2D eigenvalue weighted by molar-refractivity contribution is 0.111. The fourth-order valence-electron chi connectivity index (χ4n) is 2.05. The van der Waals surface area contributed by atoms with Crippen molar-refractivity contribution in [3.05, 3.63) is 71.9 Å². The van der Waals surface area contributed by atoms with Crippen LogP contribution >= 0.6 is 0 Å². The van der Waals surface area contributed by atoms with Crippen LogP contribution in [0.2, 0.25) is 0 Å². The number of rotatable bonds is 4. The zero-order valence-electron chi connectivity index (χ0n) is 10.8. The van der Waals surface area contributed by atoms with E-state index >= 15 is 0 Å². The van der Waals surface area contributed by atoms with Crippen molar-refractivity contribution < 1.29 is 9.53 Å². The van der Waals surface area contributed by atoms with E-state index in [9.17, 15) is 4.79 Å². The van der Waals surface area contributed by atoms with Crippen LogP contribution in [-0.2, 0) is 6.61 Å². The van der Waals surface area contributed by atoms with Crippen molar-refractivity contribution in [1.82, 2.24) is 4.98 Å². The minimum atomic E-state index is 0.333. The maximum absolute atomic E-state index is 11.1. The summed E-state index contributed by atoms with van der Waals surface area (Å²) in [6.07, 6.45) is 0.729. The minimum absolute atomic E-state index is 0.333. The first-order valence-electron chi connectivity index (χ1n) is 6.38. The van der Waals surface area contributed by atoms with Gasteiger partial charge in [0.2, 0.25) is 0 Å². The molecule has 0 aliphatic rings. The molecule has 0 aliphatic heterocycles. The van der Waals surface area contributed by atoms with Gasteiger partial charge in [-0.3, -0.25) is 4.79 Å². The average molecular weight is 263 g/mol. The Labute approximate surface area is 116 Å². The second-order valence-corrected chi connectivity index (χ2v) is 4.46. The SMILES string of the molecule is O=Cc1nc2ccccc2cc1OCc1ccccc1. The van der Waals surface area contributed by atoms with E-state index in [1.165, 1.54) is 0 Å². The Morgan fingerprint density at radius 3 is 2.55 bits per heavy atom. The molecule has 3 rings (SSSR count). The standard InChI is InChI=1S/C17H13NO2/c19-11-16-17(20-12-13-6-2-1-3-7-13)10-14-8-4-5-9-15(14)18-16/h1-11H,12H2. The topological polar surface area (TPSA) is 39.2 Å². The number of carbonyl (C=O) groups excluding carboxylic acids is 1. The maximum atomic E-state index is 11.1. The molecule has 2 aromatic carbocycles. The van der Waals surface area contributed by atoms with E-state index in [4.69, 9.17) is 4.74 Å². The molecule has 0 aliphatic carbocycles. The molecule has 0 bridgehead atoms. The number of aldehydes is 1. The molecule has 0 saturated carbocycles. The van der Waals surface area contributed by atoms with Gasteiger partial charge in [0.25, 0.3) is 0 Å². The molecule has 0 atom stereocenters. The van der Waals surface area contributed by atoms with Crippen molar-refractivity contribution in [3.63, 3.8) is 0 Å². The molecule has 98 valence electrons. The van der Waals surface area contributed by atoms with Gasteiger partial charge in [-0.2, -0.15) is 0 Å². The molecule has 0 unspecified atom stereocenters. The van der Waals surface area contributed by atoms with Crippen LogP contribution in [0, 0.1) is 0 Å². The number of nitrogens with zero attached hydrogens (tertiary/aromatic N) is 1. The number of hydrogen-bond acceptors (Lipinski definition) is 3. The summed E-state index contributed by atoms with van der Waals surface area (Å²) in [7, 11) is 0. The zero-order valence-corrected chi connectivity index (χ0v) is 10.8. The molecule has 0 N–H and O–H groups in total. The van der Waals surface area contributed by atoms with Crippen LogP contribution in [0.4, 0.5) is 0 Å². The minimum Gasteiger partial charge on any atom is -0.486 e. The molecule has 0 saturated heterocycles. The number of benzene rings is 2. The number of aromatic nitrogens is 1. The van der Waals surface area contributed by atoms with E-state index in [1.54, 1.807) is 0 Å². The normalized spacial score (nSPS) is 10.4. The van der Waals surface area contributed by atoms with Gasteiger partial charge in [-0.15, -0.1) is 0 Å². The summed E-state index contributed by atoms with van der Waals surface area (Å²) >= 11 is 0. The molecule has 3 aromatic rings. The van der Waals surface area contributed by atoms with Gasteiger partial charge in [-0.05, 0) is 17.7 Å². The monoisotopic (exact) mass is 263 g/mol. The molecule has 3 heteroatoms. The highest BCUT2D eigenvalue weighted by molar-refractivity contribution is 5.86. The summed E-state index contributed by atoms with van der Waals surface area (Å²) in [6.45, 7) is 0.418. The summed E-state index contributed by atoms with van der Waals surface area (Å²) in [5.41, 5.74) is 2.18. The van der Waals surface area contributed by atoms with Crippen molar-refractivity contribution in [3.8, 4) is 5.75 Å². The quantitative estimate of drug-likeness (QED) is 0.675. The number of carbonyl (C=O) groups is 1. The molecule has 0 radical (unpaired) electrons. The second kappa shape index (κ2) is 5.53. The smallest absolute Gasteiger partial charge is 0.172 e. The fraction of sp³-hybridized carbons (Fsp3) is 0.0588. The third kappa shape index (κ3) is 2.52. The van der Waals surface area contributed by atoms with Crippen molar-refractivity contribution in [2.45, 2.75) is 6.61 Å². The molecular formula is C17H13NO2. The first-order valence-corrected chi connectivity index (χ1v) is 6.38. The summed E-state index contributed by atoms with van der Waals surface area (Å²) in [5.74, 6) is 0.516. The number of fused-ring (bicyclic) bond motifs is 1. The largest absolute Gasteiger partial charge is 0.486 e. The molecular weight excluding hydrogens is 250 g/mol. The number of ether oxygens (including phenoxy) is 1. The number of hydrogen-bond donors (Lipinski definition) is 0. The fourth-order valence-corrected chi connectivity index (χ4v) is 2.05. The van der Waals surface area contributed by atoms with Gasteiger partial charge in [-0.1, -0.05) is 48.5 Å². The lowest BCUT2D eigenvalue weighted by Gasteiger charge is -2.09. The third-order valence-corrected chi connectivity index (χ3v) is 3.07. The van der Waals surface area contributed by atoms with Gasteiger partial charge in [0.15, 0.2) is 6.29 Å². The first-order chi connectivity index (χ1) is 9.86. The second-order valence-electron chi connectivity index (χ2n) is 4.46. The number of pyridine rings is 1. The Hall–Kier alpha value is -2.68. The van der Waals surface area contributed by atoms with Crippen molar-refractivity contribution in [2.75, 3.05) is 0 Å². The van der Waals surface area contributed by atoms with Crippen LogP contribution in [0.1, 0.15) is 16.1 Å². The van der Waals surface area contributed by atoms with E-state index in [-0.39, 0.29) is 0 Å². The molecule has 1 heterocycles. The van der Waals surface area contributed by atoms with Gasteiger partial charge in [0, 0.05) is 5.39 Å². The molecule has 3 nitrogen and oxygen atoms in total. The lowest BCUT2D eigenvalue weighted by atomic mass is 10.2. The van der Waals surface area contributed by atoms with Gasteiger partial charge >= 0.3 is 0 Å². The van der Waals surface area contributed by atoms with Crippen LogP contribution in [0.3, 0.4) is 0 Å². The highest BCUT2D eigenvalue weighted by atomic mass is 16.5. The van der Waals surface area contributed by atoms with Gasteiger partial charge in [0.05, 0.1) is 5.52 Å². The van der Waals surface area contributed by atoms with Crippen molar-refractivity contribution >= 4 is 17.2 Å². The van der Waals surface area contributed by atoms with Gasteiger partial charge < -0.3 is 4.74 Å².